The molecule has 2 aromatic rings. The average Bonchev–Trinajstić information content (AvgIpc) is 3.10. The van der Waals surface area contributed by atoms with Crippen LogP contribution in [0.5, 0.6) is 5.75 Å². The lowest BCUT2D eigenvalue weighted by Gasteiger charge is -2.22. The number of sulfonamides is 1. The molecule has 1 heterocycles. The van der Waals surface area contributed by atoms with E-state index < -0.39 is 22.0 Å². The molecule has 0 radical (unpaired) electrons. The average molecular weight is 400 g/mol. The van der Waals surface area contributed by atoms with Gasteiger partial charge in [-0.05, 0) is 37.1 Å². The van der Waals surface area contributed by atoms with E-state index in [0.717, 1.165) is 0 Å². The summed E-state index contributed by atoms with van der Waals surface area (Å²) in [6.07, 6.45) is 0.970. The summed E-state index contributed by atoms with van der Waals surface area (Å²) in [7, 11) is -3.77. The normalized spacial score (nSPS) is 18.2. The summed E-state index contributed by atoms with van der Waals surface area (Å²) in [5.74, 6) is -0.552. The van der Waals surface area contributed by atoms with Crippen molar-refractivity contribution in [2.45, 2.75) is 23.8 Å². The molecule has 0 spiro atoms. The van der Waals surface area contributed by atoms with Crippen LogP contribution in [0.2, 0.25) is 10.0 Å². The molecule has 1 aliphatic heterocycles. The van der Waals surface area contributed by atoms with Crippen LogP contribution < -0.4 is 4.74 Å². The van der Waals surface area contributed by atoms with E-state index >= 15 is 0 Å². The van der Waals surface area contributed by atoms with Crippen molar-refractivity contribution < 1.29 is 17.9 Å². The van der Waals surface area contributed by atoms with Crippen LogP contribution in [0.15, 0.2) is 53.4 Å². The minimum atomic E-state index is -3.77. The lowest BCUT2D eigenvalue weighted by atomic mass is 10.2. The van der Waals surface area contributed by atoms with Crippen LogP contribution in [0.4, 0.5) is 0 Å². The standard InChI is InChI=1S/C17H15Cl2NO4S/c18-13-8-4-10-15(16(13)19)24-17(21)14-9-5-11-20(14)25(22,23)12-6-2-1-3-7-12/h1-4,6-8,10,14H,5,9,11H2/t14-/m0/s1. The summed E-state index contributed by atoms with van der Waals surface area (Å²) in [5.41, 5.74) is 0. The van der Waals surface area contributed by atoms with Gasteiger partial charge in [0, 0.05) is 6.54 Å². The van der Waals surface area contributed by atoms with Gasteiger partial charge in [0.05, 0.1) is 9.92 Å². The fourth-order valence-electron chi connectivity index (χ4n) is 2.73. The molecule has 25 heavy (non-hydrogen) atoms. The molecule has 5 nitrogen and oxygen atoms in total. The SMILES string of the molecule is O=C(Oc1cccc(Cl)c1Cl)[C@@H]1CCCN1S(=O)(=O)c1ccccc1. The van der Waals surface area contributed by atoms with Gasteiger partial charge in [0.1, 0.15) is 11.1 Å². The predicted octanol–water partition coefficient (Wildman–Crippen LogP) is 3.75. The highest BCUT2D eigenvalue weighted by molar-refractivity contribution is 7.89. The number of rotatable bonds is 4. The number of carbonyl (C=O) groups is 1. The van der Waals surface area contributed by atoms with E-state index in [-0.39, 0.29) is 27.2 Å². The Hall–Kier alpha value is -1.60. The molecule has 0 N–H and O–H groups in total. The minimum absolute atomic E-state index is 0.114. The third-order valence-corrected chi connectivity index (χ3v) is 6.68. The van der Waals surface area contributed by atoms with Crippen LogP contribution >= 0.6 is 23.2 Å². The second-order valence-electron chi connectivity index (χ2n) is 5.56. The topological polar surface area (TPSA) is 63.7 Å². The van der Waals surface area contributed by atoms with Crippen molar-refractivity contribution in [1.82, 2.24) is 4.31 Å². The molecule has 0 unspecified atom stereocenters. The third-order valence-electron chi connectivity index (χ3n) is 3.95. The van der Waals surface area contributed by atoms with Crippen molar-refractivity contribution in [2.75, 3.05) is 6.54 Å². The van der Waals surface area contributed by atoms with E-state index in [1.807, 2.05) is 0 Å². The molecule has 2 aromatic carbocycles. The van der Waals surface area contributed by atoms with Gasteiger partial charge in [0.2, 0.25) is 10.0 Å². The van der Waals surface area contributed by atoms with E-state index in [4.69, 9.17) is 27.9 Å². The van der Waals surface area contributed by atoms with Crippen LogP contribution in [-0.4, -0.2) is 31.3 Å². The maximum Gasteiger partial charge on any atom is 0.329 e. The molecule has 3 rings (SSSR count). The smallest absolute Gasteiger partial charge is 0.329 e. The van der Waals surface area contributed by atoms with Gasteiger partial charge < -0.3 is 4.74 Å². The zero-order valence-corrected chi connectivity index (χ0v) is 15.4. The van der Waals surface area contributed by atoms with E-state index in [9.17, 15) is 13.2 Å². The number of carbonyl (C=O) groups excluding carboxylic acids is 1. The van der Waals surface area contributed by atoms with Gasteiger partial charge in [0.15, 0.2) is 5.75 Å². The first-order chi connectivity index (χ1) is 11.9. The van der Waals surface area contributed by atoms with Crippen molar-refractivity contribution in [2.24, 2.45) is 0 Å². The van der Waals surface area contributed by atoms with Gasteiger partial charge in [-0.15, -0.1) is 0 Å². The molecular formula is C17H15Cl2NO4S. The summed E-state index contributed by atoms with van der Waals surface area (Å²) in [6, 6.07) is 11.8. The Morgan fingerprint density at radius 3 is 2.52 bits per heavy atom. The fourth-order valence-corrected chi connectivity index (χ4v) is 4.73. The number of halogens is 2. The summed E-state index contributed by atoms with van der Waals surface area (Å²) < 4.78 is 32.1. The first kappa shape index (κ1) is 18.2. The molecule has 132 valence electrons. The minimum Gasteiger partial charge on any atom is -0.424 e. The van der Waals surface area contributed by atoms with Gasteiger partial charge >= 0.3 is 5.97 Å². The maximum absolute atomic E-state index is 12.8. The predicted molar refractivity (Wildman–Crippen MR) is 95.5 cm³/mol. The van der Waals surface area contributed by atoms with Crippen LogP contribution in [-0.2, 0) is 14.8 Å². The molecular weight excluding hydrogens is 385 g/mol. The first-order valence-electron chi connectivity index (χ1n) is 7.64. The monoisotopic (exact) mass is 399 g/mol. The highest BCUT2D eigenvalue weighted by atomic mass is 35.5. The molecule has 1 saturated heterocycles. The summed E-state index contributed by atoms with van der Waals surface area (Å²) in [4.78, 5) is 12.7. The molecule has 0 aromatic heterocycles. The van der Waals surface area contributed by atoms with E-state index in [0.29, 0.717) is 12.8 Å². The van der Waals surface area contributed by atoms with Gasteiger partial charge in [-0.1, -0.05) is 47.5 Å². The van der Waals surface area contributed by atoms with Crippen molar-refractivity contribution in [3.8, 4) is 5.75 Å². The van der Waals surface area contributed by atoms with Gasteiger partial charge in [0.25, 0.3) is 0 Å². The maximum atomic E-state index is 12.8. The number of hydrogen-bond acceptors (Lipinski definition) is 4. The number of esters is 1. The number of hydrogen-bond donors (Lipinski definition) is 0. The van der Waals surface area contributed by atoms with Crippen molar-refractivity contribution in [3.05, 3.63) is 58.6 Å². The molecule has 1 fully saturated rings. The Balaban J connectivity index is 1.84. The molecule has 0 aliphatic carbocycles. The second-order valence-corrected chi connectivity index (χ2v) is 8.24. The van der Waals surface area contributed by atoms with Gasteiger partial charge in [-0.25, -0.2) is 13.2 Å². The molecule has 1 atom stereocenters. The van der Waals surface area contributed by atoms with Crippen molar-refractivity contribution in [1.29, 1.82) is 0 Å². The Kier molecular flexibility index (Phi) is 5.34. The largest absolute Gasteiger partial charge is 0.424 e. The summed E-state index contributed by atoms with van der Waals surface area (Å²) in [5, 5.41) is 0.375. The van der Waals surface area contributed by atoms with Crippen LogP contribution in [0, 0.1) is 0 Å². The van der Waals surface area contributed by atoms with E-state index in [1.54, 1.807) is 30.3 Å². The Morgan fingerprint density at radius 2 is 1.80 bits per heavy atom. The quantitative estimate of drug-likeness (QED) is 0.579. The lowest BCUT2D eigenvalue weighted by molar-refractivity contribution is -0.137. The summed E-state index contributed by atoms with van der Waals surface area (Å²) >= 11 is 11.9. The van der Waals surface area contributed by atoms with Crippen LogP contribution in [0.3, 0.4) is 0 Å². The van der Waals surface area contributed by atoms with Crippen LogP contribution in [0.1, 0.15) is 12.8 Å². The summed E-state index contributed by atoms with van der Waals surface area (Å²) in [6.45, 7) is 0.264. The second kappa shape index (κ2) is 7.33. The molecule has 8 heteroatoms. The number of benzene rings is 2. The number of nitrogens with zero attached hydrogens (tertiary/aromatic N) is 1. The first-order valence-corrected chi connectivity index (χ1v) is 9.83. The van der Waals surface area contributed by atoms with E-state index in [2.05, 4.69) is 0 Å². The van der Waals surface area contributed by atoms with Crippen LogP contribution in [0.25, 0.3) is 0 Å². The van der Waals surface area contributed by atoms with Crippen molar-refractivity contribution >= 4 is 39.2 Å². The Bertz CT molecular complexity index is 887. The van der Waals surface area contributed by atoms with Gasteiger partial charge in [-0.3, -0.25) is 0 Å². The lowest BCUT2D eigenvalue weighted by Crippen LogP contribution is -2.42. The Morgan fingerprint density at radius 1 is 1.08 bits per heavy atom. The van der Waals surface area contributed by atoms with Crippen molar-refractivity contribution in [3.63, 3.8) is 0 Å². The fraction of sp³-hybridized carbons (Fsp3) is 0.235. The van der Waals surface area contributed by atoms with Gasteiger partial charge in [-0.2, -0.15) is 4.31 Å². The van der Waals surface area contributed by atoms with E-state index in [1.165, 1.54) is 22.5 Å². The molecule has 1 aliphatic rings. The highest BCUT2D eigenvalue weighted by Gasteiger charge is 2.40. The molecule has 0 bridgehead atoms. The Labute approximate surface area is 156 Å². The third kappa shape index (κ3) is 3.67. The number of ether oxygens (including phenoxy) is 1. The zero-order chi connectivity index (χ0) is 18.0. The molecule has 0 amide bonds. The molecule has 0 saturated carbocycles. The zero-order valence-electron chi connectivity index (χ0n) is 13.1. The highest BCUT2D eigenvalue weighted by Crippen LogP contribution is 2.33.